The number of terminal acetylenes is 1. The lowest BCUT2D eigenvalue weighted by molar-refractivity contribution is -0.385. The maximum atomic E-state index is 11.9. The fourth-order valence-electron chi connectivity index (χ4n) is 3.54. The van der Waals surface area contributed by atoms with Crippen LogP contribution in [0, 0.1) is 22.5 Å². The highest BCUT2D eigenvalue weighted by atomic mass is 16.6. The maximum Gasteiger partial charge on any atom is 0.278 e. The van der Waals surface area contributed by atoms with Gasteiger partial charge in [0, 0.05) is 17.2 Å². The second-order valence-electron chi connectivity index (χ2n) is 6.52. The molecule has 1 atom stereocenters. The summed E-state index contributed by atoms with van der Waals surface area (Å²) in [6.45, 7) is 1.78. The van der Waals surface area contributed by atoms with Crippen LogP contribution in [0.25, 0.3) is 5.69 Å². The second-order valence-corrected chi connectivity index (χ2v) is 6.52. The van der Waals surface area contributed by atoms with Crippen molar-refractivity contribution in [3.63, 3.8) is 0 Å². The molecule has 1 aromatic heterocycles. The normalized spacial score (nSPS) is 14.8. The molecule has 8 heteroatoms. The van der Waals surface area contributed by atoms with Crippen LogP contribution < -0.4 is 5.73 Å². The Kier molecular flexibility index (Phi) is 4.20. The summed E-state index contributed by atoms with van der Waals surface area (Å²) < 4.78 is 1.73. The van der Waals surface area contributed by atoms with Gasteiger partial charge < -0.3 is 5.73 Å². The topological polar surface area (TPSA) is 116 Å². The van der Waals surface area contributed by atoms with Crippen LogP contribution in [0.3, 0.4) is 0 Å². The van der Waals surface area contributed by atoms with E-state index in [9.17, 15) is 14.9 Å². The van der Waals surface area contributed by atoms with E-state index in [1.165, 1.54) is 12.4 Å². The number of hydrogen-bond acceptors (Lipinski definition) is 5. The first-order valence-electron chi connectivity index (χ1n) is 8.72. The zero-order valence-electron chi connectivity index (χ0n) is 15.4. The van der Waals surface area contributed by atoms with Crippen molar-refractivity contribution in [3.05, 3.63) is 87.0 Å². The molecule has 3 aromatic rings. The lowest BCUT2D eigenvalue weighted by atomic mass is 9.97. The maximum absolute atomic E-state index is 11.9. The minimum absolute atomic E-state index is 0.0738. The summed E-state index contributed by atoms with van der Waals surface area (Å²) >= 11 is 0. The third-order valence-corrected chi connectivity index (χ3v) is 4.79. The number of para-hydroxylation sites is 1. The van der Waals surface area contributed by atoms with E-state index in [1.807, 2.05) is 0 Å². The zero-order valence-corrected chi connectivity index (χ0v) is 15.4. The molecular formula is C21H15N5O3. The minimum Gasteiger partial charge on any atom is -0.364 e. The molecule has 0 saturated heterocycles. The molecule has 0 aliphatic carbocycles. The van der Waals surface area contributed by atoms with Gasteiger partial charge in [-0.25, -0.2) is 4.98 Å². The smallest absolute Gasteiger partial charge is 0.278 e. The summed E-state index contributed by atoms with van der Waals surface area (Å²) in [7, 11) is 0. The number of nitrogens with zero attached hydrogens (tertiary/aromatic N) is 4. The molecule has 1 aliphatic heterocycles. The van der Waals surface area contributed by atoms with Crippen LogP contribution in [-0.4, -0.2) is 26.1 Å². The Bertz CT molecular complexity index is 1250. The highest BCUT2D eigenvalue weighted by Crippen LogP contribution is 2.34. The largest absolute Gasteiger partial charge is 0.364 e. The first-order valence-corrected chi connectivity index (χ1v) is 8.72. The molecular weight excluding hydrogens is 370 g/mol. The van der Waals surface area contributed by atoms with Gasteiger partial charge in [-0.1, -0.05) is 18.1 Å². The number of carbonyl (C=O) groups is 1. The second kappa shape index (κ2) is 6.73. The summed E-state index contributed by atoms with van der Waals surface area (Å²) in [6, 6.07) is 11.1. The summed E-state index contributed by atoms with van der Waals surface area (Å²) in [6.07, 6.45) is 7.07. The number of nitro benzene ring substituents is 1. The Morgan fingerprint density at radius 2 is 2.03 bits per heavy atom. The van der Waals surface area contributed by atoms with Gasteiger partial charge in [0.2, 0.25) is 0 Å². The highest BCUT2D eigenvalue weighted by molar-refractivity contribution is 6.17. The molecule has 8 nitrogen and oxygen atoms in total. The van der Waals surface area contributed by atoms with Gasteiger partial charge in [-0.3, -0.25) is 24.5 Å². The van der Waals surface area contributed by atoms with Gasteiger partial charge in [0.25, 0.3) is 11.6 Å². The number of nitro groups is 1. The quantitative estimate of drug-likeness (QED) is 0.424. The van der Waals surface area contributed by atoms with Gasteiger partial charge in [-0.05, 0) is 31.2 Å². The number of amides is 1. The Labute approximate surface area is 165 Å². The summed E-state index contributed by atoms with van der Waals surface area (Å²) in [5.74, 6) is 1.91. The molecule has 2 N–H and O–H groups in total. The van der Waals surface area contributed by atoms with E-state index in [1.54, 1.807) is 47.9 Å². The van der Waals surface area contributed by atoms with Gasteiger partial charge in [0.05, 0.1) is 33.6 Å². The number of aromatic nitrogens is 2. The van der Waals surface area contributed by atoms with Gasteiger partial charge >= 0.3 is 0 Å². The lowest BCUT2D eigenvalue weighted by Gasteiger charge is -2.12. The molecule has 2 heterocycles. The van der Waals surface area contributed by atoms with Crippen LogP contribution >= 0.6 is 0 Å². The summed E-state index contributed by atoms with van der Waals surface area (Å²) in [5.41, 5.74) is 8.67. The van der Waals surface area contributed by atoms with Crippen LogP contribution in [0.4, 0.5) is 5.69 Å². The van der Waals surface area contributed by atoms with Crippen LogP contribution in [0.5, 0.6) is 0 Å². The molecule has 4 rings (SSSR count). The fraction of sp³-hybridized carbons (Fsp3) is 0.0952. The zero-order chi connectivity index (χ0) is 20.7. The van der Waals surface area contributed by atoms with Crippen LogP contribution in [0.1, 0.15) is 45.8 Å². The molecule has 1 amide bonds. The van der Waals surface area contributed by atoms with Crippen molar-refractivity contribution < 1.29 is 9.72 Å². The number of benzene rings is 2. The minimum atomic E-state index is -0.670. The third-order valence-electron chi connectivity index (χ3n) is 4.79. The number of aliphatic imine (C=N–C) groups is 1. The Hall–Kier alpha value is -4.25. The van der Waals surface area contributed by atoms with Crippen molar-refractivity contribution in [2.75, 3.05) is 0 Å². The van der Waals surface area contributed by atoms with Crippen molar-refractivity contribution in [1.29, 1.82) is 0 Å². The fourth-order valence-corrected chi connectivity index (χ4v) is 3.54. The number of fused-ring (bicyclic) bond motifs is 3. The van der Waals surface area contributed by atoms with Crippen LogP contribution in [0.15, 0.2) is 53.8 Å². The van der Waals surface area contributed by atoms with Crippen LogP contribution in [-0.2, 0) is 0 Å². The van der Waals surface area contributed by atoms with Crippen molar-refractivity contribution >= 4 is 17.3 Å². The van der Waals surface area contributed by atoms with E-state index in [2.05, 4.69) is 10.9 Å². The standard InChI is InChI=1S/C21H15N5O3/c1-3-13-8-9-16-15(10-13)18(14-6-4-5-7-17(14)26(28)29)24-12(2)20-19(21(22)27)23-11-25(16)20/h1,4-12H,2H3,(H2,22,27)/t12-/m1/s1. The SMILES string of the molecule is C#Cc1ccc2c(c1)C(c1ccccc1[N+](=O)[O-])=N[C@H](C)c1c(C(N)=O)ncn1-2. The van der Waals surface area contributed by atoms with E-state index < -0.39 is 16.9 Å². The van der Waals surface area contributed by atoms with Gasteiger partial charge in [-0.15, -0.1) is 6.42 Å². The number of nitrogens with two attached hydrogens (primary N) is 1. The predicted molar refractivity (Wildman–Crippen MR) is 107 cm³/mol. The molecule has 0 bridgehead atoms. The molecule has 0 radical (unpaired) electrons. The van der Waals surface area contributed by atoms with Crippen molar-refractivity contribution in [3.8, 4) is 18.0 Å². The van der Waals surface area contributed by atoms with E-state index in [0.717, 1.165) is 0 Å². The number of imidazole rings is 1. The summed E-state index contributed by atoms with van der Waals surface area (Å²) in [5, 5.41) is 11.6. The summed E-state index contributed by atoms with van der Waals surface area (Å²) in [4.78, 5) is 31.9. The van der Waals surface area contributed by atoms with Crippen molar-refractivity contribution in [1.82, 2.24) is 9.55 Å². The Morgan fingerprint density at radius 3 is 2.72 bits per heavy atom. The van der Waals surface area contributed by atoms with E-state index >= 15 is 0 Å². The first kappa shape index (κ1) is 18.1. The van der Waals surface area contributed by atoms with Crippen molar-refractivity contribution in [2.24, 2.45) is 10.7 Å². The van der Waals surface area contributed by atoms with E-state index in [4.69, 9.17) is 17.1 Å². The highest BCUT2D eigenvalue weighted by Gasteiger charge is 2.30. The van der Waals surface area contributed by atoms with Crippen LogP contribution in [0.2, 0.25) is 0 Å². The average molecular weight is 385 g/mol. The number of primary amides is 1. The van der Waals surface area contributed by atoms with Gasteiger partial charge in [-0.2, -0.15) is 0 Å². The molecule has 0 spiro atoms. The van der Waals surface area contributed by atoms with Crippen molar-refractivity contribution in [2.45, 2.75) is 13.0 Å². The Morgan fingerprint density at radius 1 is 1.28 bits per heavy atom. The predicted octanol–water partition coefficient (Wildman–Crippen LogP) is 2.77. The van der Waals surface area contributed by atoms with Gasteiger partial charge in [0.1, 0.15) is 6.33 Å². The molecule has 142 valence electrons. The molecule has 29 heavy (non-hydrogen) atoms. The monoisotopic (exact) mass is 385 g/mol. The third kappa shape index (κ3) is 2.85. The first-order chi connectivity index (χ1) is 13.9. The van der Waals surface area contributed by atoms with Gasteiger partial charge in [0.15, 0.2) is 5.69 Å². The number of rotatable bonds is 3. The van der Waals surface area contributed by atoms with E-state index in [-0.39, 0.29) is 11.4 Å². The average Bonchev–Trinajstić information content (AvgIpc) is 3.12. The van der Waals surface area contributed by atoms with E-state index in [0.29, 0.717) is 33.8 Å². The molecule has 0 saturated carbocycles. The molecule has 0 fully saturated rings. The molecule has 1 aliphatic rings. The Balaban J connectivity index is 2.09. The lowest BCUT2D eigenvalue weighted by Crippen LogP contribution is -2.15. The molecule has 0 unspecified atom stereocenters. The number of hydrogen-bond donors (Lipinski definition) is 1. The number of carbonyl (C=O) groups excluding carboxylic acids is 1. The molecule has 2 aromatic carbocycles.